The number of aryl methyl sites for hydroxylation is 1. The van der Waals surface area contributed by atoms with Gasteiger partial charge in [-0.15, -0.1) is 0 Å². The third-order valence-electron chi connectivity index (χ3n) is 4.79. The molecule has 0 amide bonds. The summed E-state index contributed by atoms with van der Waals surface area (Å²) in [6.45, 7) is 0. The number of nitrogens with zero attached hydrogens (tertiary/aromatic N) is 1. The molecule has 0 aromatic heterocycles. The van der Waals surface area contributed by atoms with Gasteiger partial charge in [-0.2, -0.15) is 0 Å². The fourth-order valence-electron chi connectivity index (χ4n) is 3.54. The molecule has 1 aliphatic carbocycles. The summed E-state index contributed by atoms with van der Waals surface area (Å²) < 4.78 is 0. The second kappa shape index (κ2) is 7.58. The molecule has 1 aromatic carbocycles. The molecule has 0 bridgehead atoms. The summed E-state index contributed by atoms with van der Waals surface area (Å²) in [6.07, 6.45) is 8.12. The molecule has 0 saturated heterocycles. The summed E-state index contributed by atoms with van der Waals surface area (Å²) in [4.78, 5) is 13.3. The van der Waals surface area contributed by atoms with E-state index >= 15 is 0 Å². The normalized spacial score (nSPS) is 24.6. The average molecular weight is 273 g/mol. The predicted octanol–water partition coefficient (Wildman–Crippen LogP) is 3.55. The van der Waals surface area contributed by atoms with E-state index in [4.69, 9.17) is 0 Å². The van der Waals surface area contributed by atoms with E-state index in [0.717, 1.165) is 31.5 Å². The summed E-state index contributed by atoms with van der Waals surface area (Å²) in [7, 11) is 4.39. The number of carbonyl (C=O) groups excluding carboxylic acids is 1. The number of aldehydes is 1. The van der Waals surface area contributed by atoms with Gasteiger partial charge in [0.05, 0.1) is 0 Å². The molecule has 0 spiro atoms. The highest BCUT2D eigenvalue weighted by molar-refractivity contribution is 5.53. The zero-order valence-electron chi connectivity index (χ0n) is 12.8. The molecule has 1 fully saturated rings. The Labute approximate surface area is 123 Å². The topological polar surface area (TPSA) is 20.3 Å². The number of hydrogen-bond acceptors (Lipinski definition) is 2. The van der Waals surface area contributed by atoms with Crippen LogP contribution < -0.4 is 0 Å². The van der Waals surface area contributed by atoms with E-state index < -0.39 is 0 Å². The van der Waals surface area contributed by atoms with Gasteiger partial charge in [-0.05, 0) is 64.1 Å². The average Bonchev–Trinajstić information content (AvgIpc) is 2.49. The second-order valence-electron chi connectivity index (χ2n) is 6.37. The molecule has 1 saturated carbocycles. The summed E-state index contributed by atoms with van der Waals surface area (Å²) in [5.74, 6) is 1.08. The van der Waals surface area contributed by atoms with Crippen LogP contribution in [0.5, 0.6) is 0 Å². The van der Waals surface area contributed by atoms with Gasteiger partial charge in [0.2, 0.25) is 0 Å². The second-order valence-corrected chi connectivity index (χ2v) is 6.37. The van der Waals surface area contributed by atoms with E-state index in [1.807, 2.05) is 0 Å². The van der Waals surface area contributed by atoms with Gasteiger partial charge in [0, 0.05) is 12.0 Å². The van der Waals surface area contributed by atoms with E-state index in [9.17, 15) is 4.79 Å². The first kappa shape index (κ1) is 15.2. The van der Waals surface area contributed by atoms with Gasteiger partial charge in [-0.25, -0.2) is 0 Å². The van der Waals surface area contributed by atoms with Crippen molar-refractivity contribution in [2.75, 3.05) is 14.1 Å². The van der Waals surface area contributed by atoms with Crippen molar-refractivity contribution < 1.29 is 4.79 Å². The van der Waals surface area contributed by atoms with Crippen LogP contribution in [0, 0.1) is 11.8 Å². The molecule has 1 aromatic rings. The monoisotopic (exact) mass is 273 g/mol. The highest BCUT2D eigenvalue weighted by Gasteiger charge is 2.28. The van der Waals surface area contributed by atoms with Gasteiger partial charge in [0.1, 0.15) is 6.29 Å². The van der Waals surface area contributed by atoms with Crippen LogP contribution in [0.4, 0.5) is 0 Å². The van der Waals surface area contributed by atoms with Crippen LogP contribution in [0.25, 0.3) is 0 Å². The van der Waals surface area contributed by atoms with Gasteiger partial charge < -0.3 is 9.69 Å². The predicted molar refractivity (Wildman–Crippen MR) is 83.8 cm³/mol. The first-order chi connectivity index (χ1) is 9.70. The molecule has 2 heteroatoms. The Morgan fingerprint density at radius 1 is 1.15 bits per heavy atom. The van der Waals surface area contributed by atoms with E-state index in [-0.39, 0.29) is 0 Å². The van der Waals surface area contributed by atoms with Crippen molar-refractivity contribution >= 4 is 6.29 Å². The van der Waals surface area contributed by atoms with Crippen LogP contribution in [0.1, 0.15) is 37.7 Å². The molecule has 110 valence electrons. The highest BCUT2D eigenvalue weighted by Crippen LogP contribution is 2.32. The first-order valence-electron chi connectivity index (χ1n) is 7.86. The molecule has 1 unspecified atom stereocenters. The first-order valence-corrected chi connectivity index (χ1v) is 7.86. The van der Waals surface area contributed by atoms with Crippen molar-refractivity contribution in [2.24, 2.45) is 11.8 Å². The smallest absolute Gasteiger partial charge is 0.123 e. The van der Waals surface area contributed by atoms with E-state index in [1.165, 1.54) is 24.8 Å². The Morgan fingerprint density at radius 3 is 2.35 bits per heavy atom. The summed E-state index contributed by atoms with van der Waals surface area (Å²) in [5.41, 5.74) is 1.43. The summed E-state index contributed by atoms with van der Waals surface area (Å²) in [5, 5.41) is 0. The summed E-state index contributed by atoms with van der Waals surface area (Å²) >= 11 is 0. The molecule has 0 heterocycles. The fourth-order valence-corrected chi connectivity index (χ4v) is 3.54. The van der Waals surface area contributed by atoms with Crippen LogP contribution in [-0.2, 0) is 11.2 Å². The zero-order chi connectivity index (χ0) is 14.4. The lowest BCUT2D eigenvalue weighted by molar-refractivity contribution is -0.112. The molecular weight excluding hydrogens is 246 g/mol. The van der Waals surface area contributed by atoms with Crippen molar-refractivity contribution in [3.8, 4) is 0 Å². The highest BCUT2D eigenvalue weighted by atomic mass is 16.1. The van der Waals surface area contributed by atoms with Crippen LogP contribution in [-0.4, -0.2) is 31.3 Å². The standard InChI is InChI=1S/C18H27NO/c1-19(2)18(13-10-15-6-4-3-5-7-15)17-11-8-16(14-20)9-12-17/h3-7,14,16-18H,8-13H2,1-2H3. The molecular formula is C18H27NO. The molecule has 1 atom stereocenters. The minimum atomic E-state index is 0.322. The minimum absolute atomic E-state index is 0.322. The number of benzene rings is 1. The lowest BCUT2D eigenvalue weighted by Crippen LogP contribution is -2.37. The van der Waals surface area contributed by atoms with Crippen molar-refractivity contribution in [3.05, 3.63) is 35.9 Å². The Morgan fingerprint density at radius 2 is 1.80 bits per heavy atom. The minimum Gasteiger partial charge on any atom is -0.306 e. The molecule has 0 N–H and O–H groups in total. The maximum atomic E-state index is 10.9. The fraction of sp³-hybridized carbons (Fsp3) is 0.611. The van der Waals surface area contributed by atoms with Gasteiger partial charge >= 0.3 is 0 Å². The molecule has 0 radical (unpaired) electrons. The maximum absolute atomic E-state index is 10.9. The van der Waals surface area contributed by atoms with Gasteiger partial charge in [0.25, 0.3) is 0 Å². The summed E-state index contributed by atoms with van der Waals surface area (Å²) in [6, 6.07) is 11.4. The zero-order valence-corrected chi connectivity index (χ0v) is 12.8. The van der Waals surface area contributed by atoms with Crippen LogP contribution in [0.2, 0.25) is 0 Å². The number of hydrogen-bond donors (Lipinski definition) is 0. The number of carbonyl (C=O) groups is 1. The molecule has 1 aliphatic rings. The van der Waals surface area contributed by atoms with E-state index in [2.05, 4.69) is 49.3 Å². The lowest BCUT2D eigenvalue weighted by Gasteiger charge is -2.36. The lowest BCUT2D eigenvalue weighted by atomic mass is 9.77. The van der Waals surface area contributed by atoms with Crippen LogP contribution in [0.3, 0.4) is 0 Å². The van der Waals surface area contributed by atoms with Gasteiger partial charge in [-0.1, -0.05) is 30.3 Å². The van der Waals surface area contributed by atoms with Crippen molar-refractivity contribution in [3.63, 3.8) is 0 Å². The Bertz CT molecular complexity index is 393. The van der Waals surface area contributed by atoms with Crippen molar-refractivity contribution in [1.29, 1.82) is 0 Å². The molecule has 0 aliphatic heterocycles. The maximum Gasteiger partial charge on any atom is 0.123 e. The number of rotatable bonds is 6. The quantitative estimate of drug-likeness (QED) is 0.739. The Kier molecular flexibility index (Phi) is 5.78. The van der Waals surface area contributed by atoms with Gasteiger partial charge in [0.15, 0.2) is 0 Å². The largest absolute Gasteiger partial charge is 0.306 e. The molecule has 20 heavy (non-hydrogen) atoms. The third kappa shape index (κ3) is 4.17. The van der Waals surface area contributed by atoms with Gasteiger partial charge in [-0.3, -0.25) is 0 Å². The SMILES string of the molecule is CN(C)C(CCc1ccccc1)C1CCC(C=O)CC1. The van der Waals surface area contributed by atoms with Crippen LogP contribution in [0.15, 0.2) is 30.3 Å². The van der Waals surface area contributed by atoms with Crippen molar-refractivity contribution in [2.45, 2.75) is 44.6 Å². The Balaban J connectivity index is 1.89. The van der Waals surface area contributed by atoms with Crippen molar-refractivity contribution in [1.82, 2.24) is 4.90 Å². The molecule has 2 rings (SSSR count). The molecule has 2 nitrogen and oxygen atoms in total. The Hall–Kier alpha value is -1.15. The van der Waals surface area contributed by atoms with Crippen LogP contribution >= 0.6 is 0 Å². The third-order valence-corrected chi connectivity index (χ3v) is 4.79. The van der Waals surface area contributed by atoms with E-state index in [0.29, 0.717) is 12.0 Å². The van der Waals surface area contributed by atoms with E-state index in [1.54, 1.807) is 0 Å².